The summed E-state index contributed by atoms with van der Waals surface area (Å²) in [5, 5.41) is 0.823. The van der Waals surface area contributed by atoms with E-state index in [2.05, 4.69) is 19.1 Å². The van der Waals surface area contributed by atoms with Gasteiger partial charge in [0, 0.05) is 5.69 Å². The first kappa shape index (κ1) is 16.2. The third kappa shape index (κ3) is 3.15. The summed E-state index contributed by atoms with van der Waals surface area (Å²) in [6.07, 6.45) is 9.02. The summed E-state index contributed by atoms with van der Waals surface area (Å²) >= 11 is 0. The number of nitrogens with zero attached hydrogens (tertiary/aromatic N) is 2. The Bertz CT molecular complexity index is 821. The van der Waals surface area contributed by atoms with Crippen LogP contribution in [0.15, 0.2) is 58.2 Å². The maximum atomic E-state index is 6.42. The predicted octanol–water partition coefficient (Wildman–Crippen LogP) is 2.52. The number of hydrogen-bond donors (Lipinski definition) is 1. The molecule has 0 bridgehead atoms. The van der Waals surface area contributed by atoms with E-state index in [1.807, 2.05) is 35.2 Å². The van der Waals surface area contributed by atoms with E-state index < -0.39 is 0 Å². The van der Waals surface area contributed by atoms with E-state index in [4.69, 9.17) is 19.9 Å². The van der Waals surface area contributed by atoms with E-state index in [1.165, 1.54) is 6.42 Å². The van der Waals surface area contributed by atoms with Gasteiger partial charge in [-0.25, -0.2) is 4.99 Å². The molecular formula is C19H23N3O2. The summed E-state index contributed by atoms with van der Waals surface area (Å²) in [7, 11) is 1.66. The molecule has 1 aliphatic rings. The van der Waals surface area contributed by atoms with E-state index in [-0.39, 0.29) is 6.17 Å². The zero-order valence-corrected chi connectivity index (χ0v) is 14.1. The topological polar surface area (TPSA) is 64.0 Å². The van der Waals surface area contributed by atoms with E-state index in [9.17, 15) is 0 Å². The molecule has 1 aliphatic heterocycles. The van der Waals surface area contributed by atoms with Gasteiger partial charge in [0.2, 0.25) is 5.55 Å². The highest BCUT2D eigenvalue weighted by molar-refractivity contribution is 5.68. The Balaban J connectivity index is 1.99. The lowest BCUT2D eigenvalue weighted by molar-refractivity contribution is 0.415. The van der Waals surface area contributed by atoms with Crippen molar-refractivity contribution in [3.05, 3.63) is 59.5 Å². The van der Waals surface area contributed by atoms with Gasteiger partial charge in [-0.1, -0.05) is 25.8 Å². The normalized spacial score (nSPS) is 17.0. The van der Waals surface area contributed by atoms with Crippen LogP contribution in [0.3, 0.4) is 0 Å². The van der Waals surface area contributed by atoms with Crippen molar-refractivity contribution in [1.29, 1.82) is 0 Å². The Labute approximate surface area is 141 Å². The molecule has 2 heterocycles. The Morgan fingerprint density at radius 2 is 2.08 bits per heavy atom. The van der Waals surface area contributed by atoms with Crippen LogP contribution >= 0.6 is 0 Å². The molecule has 0 saturated heterocycles. The molecule has 1 aromatic heterocycles. The molecule has 5 heteroatoms. The van der Waals surface area contributed by atoms with Crippen LogP contribution in [0.1, 0.15) is 26.2 Å². The molecular weight excluding hydrogens is 302 g/mol. The predicted molar refractivity (Wildman–Crippen MR) is 95.0 cm³/mol. The van der Waals surface area contributed by atoms with Gasteiger partial charge in [0.1, 0.15) is 17.7 Å². The number of anilines is 1. The van der Waals surface area contributed by atoms with Gasteiger partial charge < -0.3 is 19.8 Å². The lowest BCUT2D eigenvalue weighted by Crippen LogP contribution is -2.47. The summed E-state index contributed by atoms with van der Waals surface area (Å²) in [5.41, 5.74) is 7.97. The van der Waals surface area contributed by atoms with Gasteiger partial charge in [0.05, 0.1) is 18.6 Å². The number of rotatable bonds is 6. The van der Waals surface area contributed by atoms with Gasteiger partial charge in [-0.2, -0.15) is 0 Å². The van der Waals surface area contributed by atoms with E-state index >= 15 is 0 Å². The number of benzene rings is 1. The van der Waals surface area contributed by atoms with E-state index in [0.717, 1.165) is 29.5 Å². The number of furan rings is 1. The molecule has 0 saturated carbocycles. The van der Waals surface area contributed by atoms with Gasteiger partial charge in [-0.15, -0.1) is 0 Å². The van der Waals surface area contributed by atoms with Crippen molar-refractivity contribution in [2.75, 3.05) is 12.0 Å². The molecule has 1 aromatic carbocycles. The van der Waals surface area contributed by atoms with Gasteiger partial charge >= 0.3 is 0 Å². The first-order valence-electron chi connectivity index (χ1n) is 8.25. The van der Waals surface area contributed by atoms with Crippen LogP contribution in [0, 0.1) is 0 Å². The number of nitrogens with two attached hydrogens (primary N) is 1. The summed E-state index contributed by atoms with van der Waals surface area (Å²) in [5.74, 6) is 1.45. The second-order valence-electron chi connectivity index (χ2n) is 5.71. The van der Waals surface area contributed by atoms with Crippen LogP contribution in [-0.2, 0) is 0 Å². The van der Waals surface area contributed by atoms with Gasteiger partial charge in [0.15, 0.2) is 0 Å². The number of allylic oxidation sites excluding steroid dienone is 1. The molecule has 5 nitrogen and oxygen atoms in total. The monoisotopic (exact) mass is 325 g/mol. The minimum Gasteiger partial charge on any atom is -0.497 e. The first-order chi connectivity index (χ1) is 11.7. The third-order valence-electron chi connectivity index (χ3n) is 4.08. The molecule has 2 N–H and O–H groups in total. The van der Waals surface area contributed by atoms with Crippen molar-refractivity contribution in [2.24, 2.45) is 10.7 Å². The molecule has 1 atom stereocenters. The van der Waals surface area contributed by atoms with Crippen molar-refractivity contribution in [2.45, 2.75) is 32.4 Å². The van der Waals surface area contributed by atoms with Crippen LogP contribution in [0.5, 0.6) is 5.75 Å². The SMILES string of the molecule is CCCCC=CC1N=c2occc2=C(N)N1c1ccc(OC)cc1. The average Bonchev–Trinajstić information content (AvgIpc) is 3.08. The highest BCUT2D eigenvalue weighted by Crippen LogP contribution is 2.25. The summed E-state index contributed by atoms with van der Waals surface area (Å²) in [6.45, 7) is 2.18. The standard InChI is InChI=1S/C19H23N3O2/c1-3-4-5-6-7-17-21-19-16(12-13-24-19)18(20)22(17)14-8-10-15(23-2)11-9-14/h6-13,17H,3-5,20H2,1-2H3. The average molecular weight is 325 g/mol. The number of methoxy groups -OCH3 is 1. The third-order valence-corrected chi connectivity index (χ3v) is 4.08. The highest BCUT2D eigenvalue weighted by Gasteiger charge is 2.23. The smallest absolute Gasteiger partial charge is 0.227 e. The van der Waals surface area contributed by atoms with E-state index in [0.29, 0.717) is 11.4 Å². The zero-order chi connectivity index (χ0) is 16.9. The molecule has 0 spiro atoms. The fraction of sp³-hybridized carbons (Fsp3) is 0.316. The van der Waals surface area contributed by atoms with Crippen molar-refractivity contribution >= 4 is 11.5 Å². The fourth-order valence-corrected chi connectivity index (χ4v) is 2.75. The Hall–Kier alpha value is -2.69. The molecule has 1 unspecified atom stereocenters. The highest BCUT2D eigenvalue weighted by atomic mass is 16.5. The molecule has 0 amide bonds. The van der Waals surface area contributed by atoms with E-state index in [1.54, 1.807) is 13.4 Å². The second-order valence-corrected chi connectivity index (χ2v) is 5.71. The van der Waals surface area contributed by atoms with Crippen molar-refractivity contribution in [1.82, 2.24) is 0 Å². The molecule has 0 aliphatic carbocycles. The van der Waals surface area contributed by atoms with Gasteiger partial charge in [-0.05, 0) is 42.8 Å². The largest absolute Gasteiger partial charge is 0.497 e. The molecule has 126 valence electrons. The van der Waals surface area contributed by atoms with Crippen molar-refractivity contribution < 1.29 is 9.15 Å². The summed E-state index contributed by atoms with van der Waals surface area (Å²) < 4.78 is 10.7. The zero-order valence-electron chi connectivity index (χ0n) is 14.1. The maximum absolute atomic E-state index is 6.42. The fourth-order valence-electron chi connectivity index (χ4n) is 2.75. The summed E-state index contributed by atoms with van der Waals surface area (Å²) in [4.78, 5) is 6.71. The quantitative estimate of drug-likeness (QED) is 0.655. The Morgan fingerprint density at radius 3 is 2.79 bits per heavy atom. The van der Waals surface area contributed by atoms with Gasteiger partial charge in [-0.3, -0.25) is 0 Å². The number of fused-ring (bicyclic) bond motifs is 1. The first-order valence-corrected chi connectivity index (χ1v) is 8.25. The van der Waals surface area contributed by atoms with Crippen LogP contribution in [0.2, 0.25) is 0 Å². The summed E-state index contributed by atoms with van der Waals surface area (Å²) in [6, 6.07) is 9.66. The molecule has 0 radical (unpaired) electrons. The van der Waals surface area contributed by atoms with Crippen molar-refractivity contribution in [3.63, 3.8) is 0 Å². The molecule has 3 rings (SSSR count). The Kier molecular flexibility index (Phi) is 4.89. The molecule has 2 aromatic rings. The van der Waals surface area contributed by atoms with Crippen LogP contribution in [0.4, 0.5) is 5.69 Å². The molecule has 0 fully saturated rings. The van der Waals surface area contributed by atoms with Crippen molar-refractivity contribution in [3.8, 4) is 5.75 Å². The lowest BCUT2D eigenvalue weighted by atomic mass is 10.2. The minimum atomic E-state index is -0.214. The number of unbranched alkanes of at least 4 members (excludes halogenated alkanes) is 2. The molecule has 24 heavy (non-hydrogen) atoms. The Morgan fingerprint density at radius 1 is 1.29 bits per heavy atom. The maximum Gasteiger partial charge on any atom is 0.227 e. The van der Waals surface area contributed by atoms with Crippen LogP contribution in [-0.4, -0.2) is 13.3 Å². The van der Waals surface area contributed by atoms with Crippen LogP contribution < -0.4 is 26.1 Å². The van der Waals surface area contributed by atoms with Crippen LogP contribution in [0.25, 0.3) is 5.82 Å². The number of hydrogen-bond acceptors (Lipinski definition) is 5. The van der Waals surface area contributed by atoms with Gasteiger partial charge in [0.25, 0.3) is 0 Å². The lowest BCUT2D eigenvalue weighted by Gasteiger charge is -2.30. The second kappa shape index (κ2) is 7.25. The number of ether oxygens (including phenoxy) is 1. The minimum absolute atomic E-state index is 0.214.